The zero-order chi connectivity index (χ0) is 14.6. The van der Waals surface area contributed by atoms with Crippen molar-refractivity contribution < 1.29 is 13.2 Å². The molecular weight excluding hydrogens is 274 g/mol. The lowest BCUT2D eigenvalue weighted by Gasteiger charge is -2.30. The van der Waals surface area contributed by atoms with Gasteiger partial charge in [0.05, 0.1) is 5.25 Å². The van der Waals surface area contributed by atoms with E-state index in [1.165, 1.54) is 6.26 Å². The molecule has 1 saturated heterocycles. The SMILES string of the molecule is CS(=O)(=O)C1CCN(C(=O)C=Cc2ccccc2)CC1. The van der Waals surface area contributed by atoms with Gasteiger partial charge < -0.3 is 4.90 Å². The van der Waals surface area contributed by atoms with E-state index in [0.717, 1.165) is 5.56 Å². The predicted octanol–water partition coefficient (Wildman–Crippen LogP) is 1.74. The lowest BCUT2D eigenvalue weighted by Crippen LogP contribution is -2.41. The number of benzene rings is 1. The van der Waals surface area contributed by atoms with E-state index >= 15 is 0 Å². The first-order valence-electron chi connectivity index (χ1n) is 6.68. The molecule has 0 unspecified atom stereocenters. The molecule has 108 valence electrons. The highest BCUT2D eigenvalue weighted by Crippen LogP contribution is 2.17. The van der Waals surface area contributed by atoms with E-state index in [1.54, 1.807) is 17.1 Å². The van der Waals surface area contributed by atoms with Crippen molar-refractivity contribution in [2.24, 2.45) is 0 Å². The van der Waals surface area contributed by atoms with Gasteiger partial charge in [-0.2, -0.15) is 0 Å². The predicted molar refractivity (Wildman–Crippen MR) is 79.9 cm³/mol. The van der Waals surface area contributed by atoms with Gasteiger partial charge in [-0.25, -0.2) is 8.42 Å². The van der Waals surface area contributed by atoms with Crippen molar-refractivity contribution >= 4 is 21.8 Å². The van der Waals surface area contributed by atoms with E-state index in [-0.39, 0.29) is 11.2 Å². The largest absolute Gasteiger partial charge is 0.339 e. The Labute approximate surface area is 120 Å². The summed E-state index contributed by atoms with van der Waals surface area (Å²) in [5, 5.41) is -0.301. The molecule has 2 rings (SSSR count). The molecule has 0 atom stereocenters. The maximum absolute atomic E-state index is 12.0. The molecule has 5 heteroatoms. The molecule has 1 aliphatic rings. The van der Waals surface area contributed by atoms with Gasteiger partial charge in [-0.3, -0.25) is 4.79 Å². The first-order chi connectivity index (χ1) is 9.47. The van der Waals surface area contributed by atoms with Crippen molar-refractivity contribution in [2.75, 3.05) is 19.3 Å². The maximum atomic E-state index is 12.0. The molecule has 0 aliphatic carbocycles. The van der Waals surface area contributed by atoms with Gasteiger partial charge >= 0.3 is 0 Å². The summed E-state index contributed by atoms with van der Waals surface area (Å²) < 4.78 is 22.9. The summed E-state index contributed by atoms with van der Waals surface area (Å²) in [4.78, 5) is 13.7. The molecule has 0 saturated carbocycles. The van der Waals surface area contributed by atoms with Crippen molar-refractivity contribution in [1.29, 1.82) is 0 Å². The number of piperidine rings is 1. The molecule has 1 fully saturated rings. The molecule has 1 amide bonds. The highest BCUT2D eigenvalue weighted by molar-refractivity contribution is 7.91. The molecule has 0 N–H and O–H groups in total. The lowest BCUT2D eigenvalue weighted by atomic mass is 10.1. The Morgan fingerprint density at radius 1 is 1.20 bits per heavy atom. The van der Waals surface area contributed by atoms with Crippen LogP contribution in [-0.2, 0) is 14.6 Å². The van der Waals surface area contributed by atoms with Gasteiger partial charge in [-0.15, -0.1) is 0 Å². The lowest BCUT2D eigenvalue weighted by molar-refractivity contribution is -0.126. The molecule has 1 heterocycles. The topological polar surface area (TPSA) is 54.5 Å². The second kappa shape index (κ2) is 6.22. The van der Waals surface area contributed by atoms with Crippen LogP contribution in [0.1, 0.15) is 18.4 Å². The number of sulfone groups is 1. The van der Waals surface area contributed by atoms with Crippen LogP contribution in [0, 0.1) is 0 Å². The summed E-state index contributed by atoms with van der Waals surface area (Å²) in [7, 11) is -2.99. The van der Waals surface area contributed by atoms with Crippen LogP contribution in [0.3, 0.4) is 0 Å². The van der Waals surface area contributed by atoms with Gasteiger partial charge in [0.2, 0.25) is 5.91 Å². The first kappa shape index (κ1) is 14.8. The Hall–Kier alpha value is -1.62. The van der Waals surface area contributed by atoms with Gasteiger partial charge in [-0.1, -0.05) is 30.3 Å². The van der Waals surface area contributed by atoms with E-state index in [2.05, 4.69) is 0 Å². The summed E-state index contributed by atoms with van der Waals surface area (Å²) in [6.45, 7) is 1.02. The van der Waals surface area contributed by atoms with Crippen LogP contribution in [0.15, 0.2) is 36.4 Å². The zero-order valence-electron chi connectivity index (χ0n) is 11.5. The van der Waals surface area contributed by atoms with Crippen LogP contribution in [0.25, 0.3) is 6.08 Å². The third kappa shape index (κ3) is 3.93. The second-order valence-electron chi connectivity index (χ2n) is 5.10. The molecule has 0 aromatic heterocycles. The van der Waals surface area contributed by atoms with Crippen molar-refractivity contribution in [1.82, 2.24) is 4.90 Å². The molecule has 0 spiro atoms. The monoisotopic (exact) mass is 293 g/mol. The normalized spacial score (nSPS) is 17.6. The third-order valence-corrected chi connectivity index (χ3v) is 5.26. The number of amides is 1. The Morgan fingerprint density at radius 2 is 1.80 bits per heavy atom. The molecule has 1 aromatic rings. The average molecular weight is 293 g/mol. The van der Waals surface area contributed by atoms with Crippen molar-refractivity contribution in [3.8, 4) is 0 Å². The number of carbonyl (C=O) groups is 1. The Bertz CT molecular complexity index is 585. The molecule has 20 heavy (non-hydrogen) atoms. The minimum absolute atomic E-state index is 0.0548. The quantitative estimate of drug-likeness (QED) is 0.798. The molecule has 0 radical (unpaired) electrons. The molecule has 1 aromatic carbocycles. The van der Waals surface area contributed by atoms with Crippen molar-refractivity contribution in [3.63, 3.8) is 0 Å². The van der Waals surface area contributed by atoms with Gasteiger partial charge in [0.25, 0.3) is 0 Å². The molecule has 4 nitrogen and oxygen atoms in total. The van der Waals surface area contributed by atoms with Crippen LogP contribution in [0.5, 0.6) is 0 Å². The number of rotatable bonds is 3. The number of likely N-dealkylation sites (tertiary alicyclic amines) is 1. The fraction of sp³-hybridized carbons (Fsp3) is 0.400. The van der Waals surface area contributed by atoms with Gasteiger partial charge in [-0.05, 0) is 24.5 Å². The smallest absolute Gasteiger partial charge is 0.246 e. The van der Waals surface area contributed by atoms with Crippen LogP contribution in [-0.4, -0.2) is 43.8 Å². The van der Waals surface area contributed by atoms with Gasteiger partial charge in [0, 0.05) is 25.4 Å². The number of carbonyl (C=O) groups excluding carboxylic acids is 1. The van der Waals surface area contributed by atoms with E-state index in [9.17, 15) is 13.2 Å². The summed E-state index contributed by atoms with van der Waals surface area (Å²) in [6.07, 6.45) is 5.67. The van der Waals surface area contributed by atoms with Crippen LogP contribution < -0.4 is 0 Å². The van der Waals surface area contributed by atoms with Gasteiger partial charge in [0.15, 0.2) is 0 Å². The number of hydrogen-bond donors (Lipinski definition) is 0. The first-order valence-corrected chi connectivity index (χ1v) is 8.63. The zero-order valence-corrected chi connectivity index (χ0v) is 12.3. The van der Waals surface area contributed by atoms with Crippen LogP contribution in [0.2, 0.25) is 0 Å². The van der Waals surface area contributed by atoms with E-state index in [1.807, 2.05) is 30.3 Å². The summed E-state index contributed by atoms with van der Waals surface area (Å²) in [5.41, 5.74) is 0.979. The van der Waals surface area contributed by atoms with E-state index < -0.39 is 9.84 Å². The third-order valence-electron chi connectivity index (χ3n) is 3.58. The standard InChI is InChI=1S/C15H19NO3S/c1-20(18,19)14-9-11-16(12-10-14)15(17)8-7-13-5-3-2-4-6-13/h2-8,14H,9-12H2,1H3. The van der Waals surface area contributed by atoms with Crippen LogP contribution in [0.4, 0.5) is 0 Å². The number of nitrogens with zero attached hydrogens (tertiary/aromatic N) is 1. The van der Waals surface area contributed by atoms with E-state index in [4.69, 9.17) is 0 Å². The Balaban J connectivity index is 1.91. The van der Waals surface area contributed by atoms with Crippen molar-refractivity contribution in [2.45, 2.75) is 18.1 Å². The van der Waals surface area contributed by atoms with Crippen molar-refractivity contribution in [3.05, 3.63) is 42.0 Å². The molecule has 0 bridgehead atoms. The maximum Gasteiger partial charge on any atom is 0.246 e. The highest BCUT2D eigenvalue weighted by Gasteiger charge is 2.27. The second-order valence-corrected chi connectivity index (χ2v) is 7.42. The minimum atomic E-state index is -2.99. The number of hydrogen-bond acceptors (Lipinski definition) is 3. The minimum Gasteiger partial charge on any atom is -0.339 e. The van der Waals surface area contributed by atoms with E-state index in [0.29, 0.717) is 25.9 Å². The fourth-order valence-electron chi connectivity index (χ4n) is 2.34. The van der Waals surface area contributed by atoms with Crippen LogP contribution >= 0.6 is 0 Å². The Morgan fingerprint density at radius 3 is 2.35 bits per heavy atom. The fourth-order valence-corrected chi connectivity index (χ4v) is 3.41. The Kier molecular flexibility index (Phi) is 4.60. The molecular formula is C15H19NO3S. The van der Waals surface area contributed by atoms with Gasteiger partial charge in [0.1, 0.15) is 9.84 Å². The summed E-state index contributed by atoms with van der Waals surface area (Å²) in [6, 6.07) is 9.62. The highest BCUT2D eigenvalue weighted by atomic mass is 32.2. The summed E-state index contributed by atoms with van der Waals surface area (Å²) >= 11 is 0. The summed E-state index contributed by atoms with van der Waals surface area (Å²) in [5.74, 6) is -0.0548. The molecule has 1 aliphatic heterocycles. The average Bonchev–Trinajstić information content (AvgIpc) is 2.45.